The molecule has 1 aromatic carbocycles. The van der Waals surface area contributed by atoms with Crippen LogP contribution in [0.5, 0.6) is 5.75 Å². The zero-order chi connectivity index (χ0) is 14.4. The first-order valence-electron chi connectivity index (χ1n) is 6.41. The van der Waals surface area contributed by atoms with E-state index in [1.807, 2.05) is 31.2 Å². The molecule has 0 aliphatic heterocycles. The maximum Gasteiger partial charge on any atom is 0.173 e. The Labute approximate surface area is 117 Å². The lowest BCUT2D eigenvalue weighted by atomic mass is 10.2. The van der Waals surface area contributed by atoms with Crippen LogP contribution in [0.4, 0.5) is 0 Å². The molecule has 0 spiro atoms. The highest BCUT2D eigenvalue weighted by molar-refractivity contribution is 5.39. The highest BCUT2D eigenvalue weighted by Gasteiger charge is 2.15. The zero-order valence-electron chi connectivity index (χ0n) is 11.9. The van der Waals surface area contributed by atoms with Crippen molar-refractivity contribution in [1.82, 2.24) is 25.5 Å². The lowest BCUT2D eigenvalue weighted by molar-refractivity contribution is 0.196. The van der Waals surface area contributed by atoms with Gasteiger partial charge in [0.15, 0.2) is 5.82 Å². The minimum Gasteiger partial charge on any atom is -0.497 e. The van der Waals surface area contributed by atoms with E-state index in [9.17, 15) is 0 Å². The zero-order valence-corrected chi connectivity index (χ0v) is 11.9. The number of aromatic nitrogens is 4. The third-order valence-electron chi connectivity index (χ3n) is 2.94. The molecule has 0 aliphatic rings. The molecule has 20 heavy (non-hydrogen) atoms. The van der Waals surface area contributed by atoms with Crippen LogP contribution in [-0.2, 0) is 4.74 Å². The fourth-order valence-electron chi connectivity index (χ4n) is 1.86. The van der Waals surface area contributed by atoms with Crippen molar-refractivity contribution in [2.75, 3.05) is 27.4 Å². The van der Waals surface area contributed by atoms with Gasteiger partial charge in [-0.15, -0.1) is 5.10 Å². The summed E-state index contributed by atoms with van der Waals surface area (Å²) in [5.41, 5.74) is 0.866. The first-order chi connectivity index (χ1) is 9.76. The number of hydrogen-bond acceptors (Lipinski definition) is 6. The molecule has 1 atom stereocenters. The number of ether oxygens (including phenoxy) is 2. The van der Waals surface area contributed by atoms with Crippen LogP contribution in [0.15, 0.2) is 24.3 Å². The van der Waals surface area contributed by atoms with Crippen molar-refractivity contribution in [3.05, 3.63) is 30.1 Å². The Hall–Kier alpha value is -1.99. The second-order valence-corrected chi connectivity index (χ2v) is 4.32. The molecule has 0 amide bonds. The van der Waals surface area contributed by atoms with E-state index in [0.717, 1.165) is 23.8 Å². The largest absolute Gasteiger partial charge is 0.497 e. The molecule has 2 rings (SSSR count). The summed E-state index contributed by atoms with van der Waals surface area (Å²) in [6, 6.07) is 7.63. The third kappa shape index (κ3) is 3.31. The van der Waals surface area contributed by atoms with Crippen LogP contribution < -0.4 is 10.1 Å². The summed E-state index contributed by atoms with van der Waals surface area (Å²) in [4.78, 5) is 0. The van der Waals surface area contributed by atoms with Crippen LogP contribution in [0.25, 0.3) is 5.69 Å². The molecule has 0 aliphatic carbocycles. The highest BCUT2D eigenvalue weighted by atomic mass is 16.5. The van der Waals surface area contributed by atoms with Crippen LogP contribution in [0.2, 0.25) is 0 Å². The van der Waals surface area contributed by atoms with Crippen LogP contribution in [-0.4, -0.2) is 47.6 Å². The van der Waals surface area contributed by atoms with Gasteiger partial charge in [-0.3, -0.25) is 0 Å². The molecule has 1 N–H and O–H groups in total. The average molecular weight is 277 g/mol. The molecular formula is C13H19N5O2. The normalized spacial score (nSPS) is 12.3. The van der Waals surface area contributed by atoms with Gasteiger partial charge < -0.3 is 14.8 Å². The van der Waals surface area contributed by atoms with E-state index in [2.05, 4.69) is 20.8 Å². The minimum absolute atomic E-state index is 0.0198. The van der Waals surface area contributed by atoms with Crippen molar-refractivity contribution < 1.29 is 9.47 Å². The number of nitrogens with zero attached hydrogens (tertiary/aromatic N) is 4. The number of hydrogen-bond donors (Lipinski definition) is 1. The SMILES string of the molecule is COCCNC(C)c1nnnn1-c1cccc(OC)c1. The number of tetrazole rings is 1. The summed E-state index contributed by atoms with van der Waals surface area (Å²) < 4.78 is 11.9. The summed E-state index contributed by atoms with van der Waals surface area (Å²) in [5, 5.41) is 15.2. The van der Waals surface area contributed by atoms with E-state index in [0.29, 0.717) is 6.61 Å². The number of rotatable bonds is 7. The van der Waals surface area contributed by atoms with E-state index in [1.165, 1.54) is 0 Å². The predicted octanol–water partition coefficient (Wildman–Crippen LogP) is 0.968. The molecule has 0 fully saturated rings. The van der Waals surface area contributed by atoms with Gasteiger partial charge in [0.05, 0.1) is 25.4 Å². The molecule has 7 nitrogen and oxygen atoms in total. The van der Waals surface area contributed by atoms with E-state index in [1.54, 1.807) is 18.9 Å². The van der Waals surface area contributed by atoms with Crippen LogP contribution >= 0.6 is 0 Å². The molecule has 2 aromatic rings. The smallest absolute Gasteiger partial charge is 0.173 e. The Bertz CT molecular complexity index is 543. The maximum atomic E-state index is 5.22. The van der Waals surface area contributed by atoms with Gasteiger partial charge >= 0.3 is 0 Å². The molecule has 1 heterocycles. The Morgan fingerprint density at radius 2 is 2.20 bits per heavy atom. The Morgan fingerprint density at radius 1 is 1.35 bits per heavy atom. The third-order valence-corrected chi connectivity index (χ3v) is 2.94. The van der Waals surface area contributed by atoms with Gasteiger partial charge in [0.1, 0.15) is 5.75 Å². The van der Waals surface area contributed by atoms with Crippen LogP contribution in [0, 0.1) is 0 Å². The molecule has 7 heteroatoms. The lowest BCUT2D eigenvalue weighted by Crippen LogP contribution is -2.25. The molecule has 0 bridgehead atoms. The number of methoxy groups -OCH3 is 2. The van der Waals surface area contributed by atoms with Crippen LogP contribution in [0.3, 0.4) is 0 Å². The monoisotopic (exact) mass is 277 g/mol. The summed E-state index contributed by atoms with van der Waals surface area (Å²) in [7, 11) is 3.31. The Morgan fingerprint density at radius 3 is 2.95 bits per heavy atom. The fourth-order valence-corrected chi connectivity index (χ4v) is 1.86. The van der Waals surface area contributed by atoms with Crippen molar-refractivity contribution in [2.45, 2.75) is 13.0 Å². The van der Waals surface area contributed by atoms with E-state index < -0.39 is 0 Å². The summed E-state index contributed by atoms with van der Waals surface area (Å²) in [6.07, 6.45) is 0. The van der Waals surface area contributed by atoms with E-state index in [4.69, 9.17) is 9.47 Å². The topological polar surface area (TPSA) is 74.1 Å². The Balaban J connectivity index is 2.18. The van der Waals surface area contributed by atoms with Crippen LogP contribution in [0.1, 0.15) is 18.8 Å². The van der Waals surface area contributed by atoms with Gasteiger partial charge in [0, 0.05) is 19.7 Å². The first-order valence-corrected chi connectivity index (χ1v) is 6.41. The van der Waals surface area contributed by atoms with Crippen molar-refractivity contribution >= 4 is 0 Å². The van der Waals surface area contributed by atoms with Crippen molar-refractivity contribution in [3.63, 3.8) is 0 Å². The van der Waals surface area contributed by atoms with Crippen molar-refractivity contribution in [1.29, 1.82) is 0 Å². The van der Waals surface area contributed by atoms with Crippen molar-refractivity contribution in [3.8, 4) is 11.4 Å². The highest BCUT2D eigenvalue weighted by Crippen LogP contribution is 2.18. The van der Waals surface area contributed by atoms with Crippen molar-refractivity contribution in [2.24, 2.45) is 0 Å². The van der Waals surface area contributed by atoms with Gasteiger partial charge in [-0.1, -0.05) is 6.07 Å². The fraction of sp³-hybridized carbons (Fsp3) is 0.462. The maximum absolute atomic E-state index is 5.22. The molecule has 0 saturated carbocycles. The summed E-state index contributed by atoms with van der Waals surface area (Å²) in [6.45, 7) is 3.39. The van der Waals surface area contributed by atoms with E-state index >= 15 is 0 Å². The Kier molecular flexibility index (Phi) is 5.03. The number of nitrogens with one attached hydrogen (secondary N) is 1. The average Bonchev–Trinajstić information content (AvgIpc) is 2.97. The second-order valence-electron chi connectivity index (χ2n) is 4.32. The second kappa shape index (κ2) is 6.97. The molecule has 108 valence electrons. The summed E-state index contributed by atoms with van der Waals surface area (Å²) >= 11 is 0. The van der Waals surface area contributed by atoms with Gasteiger partial charge in [-0.05, 0) is 29.5 Å². The van der Waals surface area contributed by atoms with Gasteiger partial charge in [0.25, 0.3) is 0 Å². The minimum atomic E-state index is 0.0198. The van der Waals surface area contributed by atoms with E-state index in [-0.39, 0.29) is 6.04 Å². The van der Waals surface area contributed by atoms with Gasteiger partial charge in [-0.2, -0.15) is 4.68 Å². The molecule has 1 unspecified atom stereocenters. The summed E-state index contributed by atoms with van der Waals surface area (Å²) in [5.74, 6) is 1.51. The number of benzene rings is 1. The van der Waals surface area contributed by atoms with Gasteiger partial charge in [0.2, 0.25) is 0 Å². The molecule has 1 aromatic heterocycles. The molecule has 0 radical (unpaired) electrons. The van der Waals surface area contributed by atoms with Gasteiger partial charge in [-0.25, -0.2) is 0 Å². The molecule has 0 saturated heterocycles. The standard InChI is InChI=1S/C13H19N5O2/c1-10(14-7-8-19-2)13-15-16-17-18(13)11-5-4-6-12(9-11)20-3/h4-6,9-10,14H,7-8H2,1-3H3. The predicted molar refractivity (Wildman–Crippen MR) is 74.0 cm³/mol. The first kappa shape index (κ1) is 14.4. The quantitative estimate of drug-likeness (QED) is 0.760. The molecular weight excluding hydrogens is 258 g/mol. The lowest BCUT2D eigenvalue weighted by Gasteiger charge is -2.13.